The van der Waals surface area contributed by atoms with Crippen LogP contribution >= 0.6 is 0 Å². The fraction of sp³-hybridized carbons (Fsp3) is 0.500. The van der Waals surface area contributed by atoms with E-state index in [1.807, 2.05) is 0 Å². The van der Waals surface area contributed by atoms with Crippen LogP contribution in [0.15, 0.2) is 30.3 Å². The second-order valence-corrected chi connectivity index (χ2v) is 9.30. The van der Waals surface area contributed by atoms with Gasteiger partial charge in [0.15, 0.2) is 0 Å². The summed E-state index contributed by atoms with van der Waals surface area (Å²) in [6, 6.07) is 9.48. The number of carbonyl (C=O) groups is 1. The zero-order chi connectivity index (χ0) is 25.6. The first-order valence-electron chi connectivity index (χ1n) is 12.3. The third-order valence-electron chi connectivity index (χ3n) is 6.68. The number of benzene rings is 2. The van der Waals surface area contributed by atoms with Crippen LogP contribution in [0, 0.1) is 11.3 Å². The summed E-state index contributed by atoms with van der Waals surface area (Å²) in [5, 5.41) is 9.24. The summed E-state index contributed by atoms with van der Waals surface area (Å²) in [5.74, 6) is 0.365. The Bertz CT molecular complexity index is 1080. The maximum absolute atomic E-state index is 13.4. The zero-order valence-electron chi connectivity index (χ0n) is 20.7. The molecule has 0 bridgehead atoms. The fourth-order valence-electron chi connectivity index (χ4n) is 5.12. The smallest absolute Gasteiger partial charge is 0.416 e. The van der Waals surface area contributed by atoms with Gasteiger partial charge in [0.1, 0.15) is 0 Å². The minimum atomic E-state index is -4.58. The van der Waals surface area contributed by atoms with Crippen molar-refractivity contribution < 1.29 is 22.7 Å². The molecular weight excluding hydrogens is 453 g/mol. The minimum absolute atomic E-state index is 0.0893. The van der Waals surface area contributed by atoms with Crippen LogP contribution in [0.5, 0.6) is 0 Å². The van der Waals surface area contributed by atoms with Gasteiger partial charge in [0, 0.05) is 13.1 Å². The maximum atomic E-state index is 13.4. The van der Waals surface area contributed by atoms with Crippen molar-refractivity contribution in [3.63, 3.8) is 0 Å². The number of halogens is 3. The Morgan fingerprint density at radius 3 is 2.29 bits per heavy atom. The van der Waals surface area contributed by atoms with Gasteiger partial charge in [-0.05, 0) is 84.0 Å². The van der Waals surface area contributed by atoms with Crippen molar-refractivity contribution in [2.24, 2.45) is 0 Å². The molecule has 0 fully saturated rings. The summed E-state index contributed by atoms with van der Waals surface area (Å²) in [6.45, 7) is 4.47. The molecule has 0 atom stereocenters. The molecule has 4 nitrogen and oxygen atoms in total. The third-order valence-corrected chi connectivity index (χ3v) is 6.68. The summed E-state index contributed by atoms with van der Waals surface area (Å²) in [6.07, 6.45) is 2.11. The van der Waals surface area contributed by atoms with Gasteiger partial charge in [-0.2, -0.15) is 18.4 Å². The molecule has 2 aromatic rings. The Labute approximate surface area is 205 Å². The highest BCUT2D eigenvalue weighted by Crippen LogP contribution is 2.35. The standard InChI is InChI=1S/C28H33F3N2O2/c1-4-7-21(8-5-2)26-15-23-10-6-9-22(23)14-24(26)18-33(27(34)35-3)17-20-11-19(16-32)12-25(13-20)28(29,30)31/h11-15,21H,4-10,17-18H2,1-3H3. The number of methoxy groups -OCH3 is 1. The molecule has 0 saturated heterocycles. The Morgan fingerprint density at radius 2 is 1.71 bits per heavy atom. The van der Waals surface area contributed by atoms with Gasteiger partial charge >= 0.3 is 12.3 Å². The maximum Gasteiger partial charge on any atom is 0.416 e. The van der Waals surface area contributed by atoms with Gasteiger partial charge in [0.25, 0.3) is 0 Å². The second kappa shape index (κ2) is 11.6. The van der Waals surface area contributed by atoms with Gasteiger partial charge in [-0.25, -0.2) is 4.79 Å². The molecule has 0 radical (unpaired) electrons. The van der Waals surface area contributed by atoms with Crippen molar-refractivity contribution in [2.75, 3.05) is 7.11 Å². The molecule has 7 heteroatoms. The van der Waals surface area contributed by atoms with Crippen LogP contribution in [0.2, 0.25) is 0 Å². The van der Waals surface area contributed by atoms with Crippen LogP contribution in [0.4, 0.5) is 18.0 Å². The fourth-order valence-corrected chi connectivity index (χ4v) is 5.12. The van der Waals surface area contributed by atoms with E-state index in [1.54, 1.807) is 6.07 Å². The van der Waals surface area contributed by atoms with E-state index in [0.717, 1.165) is 62.6 Å². The number of alkyl halides is 3. The highest BCUT2D eigenvalue weighted by atomic mass is 19.4. The first-order valence-corrected chi connectivity index (χ1v) is 12.3. The molecule has 1 amide bonds. The van der Waals surface area contributed by atoms with Gasteiger partial charge in [-0.1, -0.05) is 38.8 Å². The van der Waals surface area contributed by atoms with Crippen LogP contribution in [-0.4, -0.2) is 18.1 Å². The molecule has 0 aliphatic heterocycles. The number of fused-ring (bicyclic) bond motifs is 1. The average Bonchev–Trinajstić information content (AvgIpc) is 3.29. The molecule has 3 rings (SSSR count). The average molecular weight is 487 g/mol. The van der Waals surface area contributed by atoms with Gasteiger partial charge in [-0.15, -0.1) is 0 Å². The number of ether oxygens (including phenoxy) is 1. The van der Waals surface area contributed by atoms with Gasteiger partial charge in [0.05, 0.1) is 24.3 Å². The number of hydrogen-bond donors (Lipinski definition) is 0. The van der Waals surface area contributed by atoms with Crippen molar-refractivity contribution in [3.8, 4) is 6.07 Å². The van der Waals surface area contributed by atoms with E-state index in [9.17, 15) is 23.2 Å². The second-order valence-electron chi connectivity index (χ2n) is 9.30. The highest BCUT2D eigenvalue weighted by molar-refractivity contribution is 5.67. The molecule has 0 heterocycles. The Balaban J connectivity index is 2.01. The summed E-state index contributed by atoms with van der Waals surface area (Å²) < 4.78 is 45.2. The summed E-state index contributed by atoms with van der Waals surface area (Å²) in [4.78, 5) is 14.2. The predicted octanol–water partition coefficient (Wildman–Crippen LogP) is 7.52. The molecule has 0 aromatic heterocycles. The normalized spacial score (nSPS) is 13.0. The largest absolute Gasteiger partial charge is 0.453 e. The zero-order valence-corrected chi connectivity index (χ0v) is 20.7. The van der Waals surface area contributed by atoms with E-state index in [-0.39, 0.29) is 24.2 Å². The molecule has 1 aliphatic carbocycles. The summed E-state index contributed by atoms with van der Waals surface area (Å²) >= 11 is 0. The lowest BCUT2D eigenvalue weighted by Crippen LogP contribution is -2.30. The number of rotatable bonds is 9. The third kappa shape index (κ3) is 6.56. The molecule has 188 valence electrons. The van der Waals surface area contributed by atoms with Gasteiger partial charge in [0.2, 0.25) is 0 Å². The number of amides is 1. The van der Waals surface area contributed by atoms with Crippen molar-refractivity contribution in [2.45, 2.75) is 84.0 Å². The van der Waals surface area contributed by atoms with Crippen molar-refractivity contribution in [1.82, 2.24) is 4.90 Å². The first-order chi connectivity index (χ1) is 16.7. The van der Waals surface area contributed by atoms with Crippen LogP contribution in [-0.2, 0) is 36.8 Å². The first kappa shape index (κ1) is 26.6. The lowest BCUT2D eigenvalue weighted by atomic mass is 9.85. The van der Waals surface area contributed by atoms with Crippen LogP contribution in [0.3, 0.4) is 0 Å². The van der Waals surface area contributed by atoms with E-state index in [4.69, 9.17) is 4.74 Å². The van der Waals surface area contributed by atoms with E-state index in [0.29, 0.717) is 5.92 Å². The SMILES string of the molecule is CCCC(CCC)c1cc2c(cc1CN(Cc1cc(C#N)cc(C(F)(F)F)c1)C(=O)OC)CCC2. The Kier molecular flexibility index (Phi) is 8.82. The number of nitrogens with zero attached hydrogens (tertiary/aromatic N) is 2. The van der Waals surface area contributed by atoms with E-state index in [1.165, 1.54) is 34.8 Å². The van der Waals surface area contributed by atoms with Crippen molar-refractivity contribution >= 4 is 6.09 Å². The Hall–Kier alpha value is -3.01. The van der Waals surface area contributed by atoms with Gasteiger partial charge < -0.3 is 4.74 Å². The molecule has 2 aromatic carbocycles. The van der Waals surface area contributed by atoms with E-state index in [2.05, 4.69) is 26.0 Å². The Morgan fingerprint density at radius 1 is 1.06 bits per heavy atom. The topological polar surface area (TPSA) is 53.3 Å². The lowest BCUT2D eigenvalue weighted by molar-refractivity contribution is -0.137. The molecule has 0 unspecified atom stereocenters. The van der Waals surface area contributed by atoms with Crippen LogP contribution < -0.4 is 0 Å². The minimum Gasteiger partial charge on any atom is -0.453 e. The lowest BCUT2D eigenvalue weighted by Gasteiger charge is -2.27. The highest BCUT2D eigenvalue weighted by Gasteiger charge is 2.32. The molecular formula is C28H33F3N2O2. The summed E-state index contributed by atoms with van der Waals surface area (Å²) in [5.41, 5.74) is 4.14. The summed E-state index contributed by atoms with van der Waals surface area (Å²) in [7, 11) is 1.27. The molecule has 1 aliphatic rings. The van der Waals surface area contributed by atoms with Crippen LogP contribution in [0.1, 0.15) is 90.8 Å². The van der Waals surface area contributed by atoms with E-state index < -0.39 is 17.8 Å². The number of hydrogen-bond acceptors (Lipinski definition) is 3. The van der Waals surface area contributed by atoms with E-state index >= 15 is 0 Å². The number of aryl methyl sites for hydroxylation is 2. The molecule has 0 N–H and O–H groups in total. The monoisotopic (exact) mass is 486 g/mol. The molecule has 0 spiro atoms. The van der Waals surface area contributed by atoms with Crippen LogP contribution in [0.25, 0.3) is 0 Å². The number of nitriles is 1. The number of carbonyl (C=O) groups excluding carboxylic acids is 1. The molecule has 35 heavy (non-hydrogen) atoms. The molecule has 0 saturated carbocycles. The quantitative estimate of drug-likeness (QED) is 0.368. The van der Waals surface area contributed by atoms with Gasteiger partial charge in [-0.3, -0.25) is 4.90 Å². The van der Waals surface area contributed by atoms with Crippen molar-refractivity contribution in [3.05, 3.63) is 69.3 Å². The van der Waals surface area contributed by atoms with Crippen molar-refractivity contribution in [1.29, 1.82) is 5.26 Å². The predicted molar refractivity (Wildman–Crippen MR) is 129 cm³/mol.